The molecule has 4 heteroatoms. The van der Waals surface area contributed by atoms with Crippen molar-refractivity contribution in [3.05, 3.63) is 0 Å². The number of rotatable bonds is 4. The van der Waals surface area contributed by atoms with Gasteiger partial charge in [-0.2, -0.15) is 0 Å². The Morgan fingerprint density at radius 2 is 2.24 bits per heavy atom. The van der Waals surface area contributed by atoms with Crippen LogP contribution in [0.2, 0.25) is 0 Å². The van der Waals surface area contributed by atoms with Gasteiger partial charge >= 0.3 is 0 Å². The molecular formula is C13H23NO3. The Morgan fingerprint density at radius 1 is 1.41 bits per heavy atom. The molecule has 2 aliphatic rings. The van der Waals surface area contributed by atoms with E-state index in [1.54, 1.807) is 0 Å². The summed E-state index contributed by atoms with van der Waals surface area (Å²) in [6.07, 6.45) is 4.95. The summed E-state index contributed by atoms with van der Waals surface area (Å²) in [4.78, 5) is 12.2. The Hall–Kier alpha value is -0.610. The third-order valence-electron chi connectivity index (χ3n) is 4.17. The number of aliphatic hydroxyl groups is 1. The van der Waals surface area contributed by atoms with Gasteiger partial charge in [-0.3, -0.25) is 4.79 Å². The zero-order valence-electron chi connectivity index (χ0n) is 10.5. The van der Waals surface area contributed by atoms with E-state index >= 15 is 0 Å². The van der Waals surface area contributed by atoms with Crippen molar-refractivity contribution in [2.45, 2.75) is 51.2 Å². The molecule has 1 heterocycles. The van der Waals surface area contributed by atoms with Gasteiger partial charge in [-0.05, 0) is 25.7 Å². The molecule has 4 nitrogen and oxygen atoms in total. The van der Waals surface area contributed by atoms with Crippen molar-refractivity contribution >= 4 is 5.91 Å². The van der Waals surface area contributed by atoms with Crippen molar-refractivity contribution in [3.8, 4) is 0 Å². The van der Waals surface area contributed by atoms with Gasteiger partial charge in [0.1, 0.15) is 0 Å². The monoisotopic (exact) mass is 241 g/mol. The smallest absolute Gasteiger partial charge is 0.226 e. The molecular weight excluding hydrogens is 218 g/mol. The largest absolute Gasteiger partial charge is 0.396 e. The third kappa shape index (κ3) is 2.80. The molecule has 0 spiro atoms. The lowest BCUT2D eigenvalue weighted by Crippen LogP contribution is -2.43. The molecule has 1 aliphatic heterocycles. The number of hydrogen-bond donors (Lipinski definition) is 2. The summed E-state index contributed by atoms with van der Waals surface area (Å²) in [5.74, 6) is 0.390. The molecule has 0 aromatic rings. The highest BCUT2D eigenvalue weighted by atomic mass is 16.5. The molecule has 4 unspecified atom stereocenters. The maximum atomic E-state index is 12.2. The van der Waals surface area contributed by atoms with Crippen LogP contribution in [0.15, 0.2) is 0 Å². The quantitative estimate of drug-likeness (QED) is 0.774. The van der Waals surface area contributed by atoms with Gasteiger partial charge in [0.25, 0.3) is 0 Å². The number of hydrogen-bond acceptors (Lipinski definition) is 3. The minimum absolute atomic E-state index is 0.0138. The van der Waals surface area contributed by atoms with Crippen LogP contribution in [0.3, 0.4) is 0 Å². The number of ether oxygens (including phenoxy) is 1. The number of carbonyl (C=O) groups is 1. The second-order valence-corrected chi connectivity index (χ2v) is 5.20. The highest BCUT2D eigenvalue weighted by molar-refractivity contribution is 5.79. The van der Waals surface area contributed by atoms with Crippen LogP contribution in [-0.2, 0) is 9.53 Å². The standard InChI is InChI=1S/C13H23NO3/c1-2-12-10(6-7-17-12)13(16)14-11-5-3-4-9(11)8-15/h9-12,15H,2-8H2,1H3,(H,14,16). The van der Waals surface area contributed by atoms with E-state index in [-0.39, 0.29) is 36.5 Å². The summed E-state index contributed by atoms with van der Waals surface area (Å²) >= 11 is 0. The molecule has 2 N–H and O–H groups in total. The van der Waals surface area contributed by atoms with Crippen LogP contribution in [0, 0.1) is 11.8 Å². The van der Waals surface area contributed by atoms with Crippen molar-refractivity contribution in [3.63, 3.8) is 0 Å². The van der Waals surface area contributed by atoms with Crippen molar-refractivity contribution in [1.82, 2.24) is 5.32 Å². The summed E-state index contributed by atoms with van der Waals surface area (Å²) in [5.41, 5.74) is 0. The van der Waals surface area contributed by atoms with Crippen LogP contribution in [0.5, 0.6) is 0 Å². The van der Waals surface area contributed by atoms with Crippen molar-refractivity contribution in [2.75, 3.05) is 13.2 Å². The van der Waals surface area contributed by atoms with Gasteiger partial charge in [-0.15, -0.1) is 0 Å². The van der Waals surface area contributed by atoms with Crippen molar-refractivity contribution in [2.24, 2.45) is 11.8 Å². The number of carbonyl (C=O) groups excluding carboxylic acids is 1. The maximum absolute atomic E-state index is 12.2. The Labute approximate surface area is 103 Å². The van der Waals surface area contributed by atoms with Gasteiger partial charge in [0.2, 0.25) is 5.91 Å². The van der Waals surface area contributed by atoms with Gasteiger partial charge in [0.15, 0.2) is 0 Å². The fraction of sp³-hybridized carbons (Fsp3) is 0.923. The van der Waals surface area contributed by atoms with Gasteiger partial charge in [0.05, 0.1) is 12.0 Å². The average Bonchev–Trinajstić information content (AvgIpc) is 2.96. The molecule has 17 heavy (non-hydrogen) atoms. The molecule has 0 aromatic heterocycles. The van der Waals surface area contributed by atoms with Gasteiger partial charge in [-0.25, -0.2) is 0 Å². The first-order valence-corrected chi connectivity index (χ1v) is 6.79. The van der Waals surface area contributed by atoms with E-state index in [0.717, 1.165) is 32.1 Å². The molecule has 2 fully saturated rings. The van der Waals surface area contributed by atoms with Crippen LogP contribution in [0.4, 0.5) is 0 Å². The van der Waals surface area contributed by atoms with E-state index in [9.17, 15) is 9.90 Å². The fourth-order valence-electron chi connectivity index (χ4n) is 3.09. The first-order chi connectivity index (χ1) is 8.26. The van der Waals surface area contributed by atoms with Crippen molar-refractivity contribution in [1.29, 1.82) is 0 Å². The van der Waals surface area contributed by atoms with Gasteiger partial charge in [-0.1, -0.05) is 13.3 Å². The Morgan fingerprint density at radius 3 is 2.94 bits per heavy atom. The zero-order valence-corrected chi connectivity index (χ0v) is 10.5. The van der Waals surface area contributed by atoms with Crippen LogP contribution >= 0.6 is 0 Å². The molecule has 0 aromatic carbocycles. The first-order valence-electron chi connectivity index (χ1n) is 6.79. The van der Waals surface area contributed by atoms with Crippen LogP contribution in [-0.4, -0.2) is 36.4 Å². The second-order valence-electron chi connectivity index (χ2n) is 5.20. The summed E-state index contributed by atoms with van der Waals surface area (Å²) in [5, 5.41) is 12.3. The van der Waals surface area contributed by atoms with Crippen molar-refractivity contribution < 1.29 is 14.6 Å². The lowest BCUT2D eigenvalue weighted by molar-refractivity contribution is -0.127. The van der Waals surface area contributed by atoms with E-state index < -0.39 is 0 Å². The summed E-state index contributed by atoms with van der Waals surface area (Å²) in [7, 11) is 0. The van der Waals surface area contributed by atoms with Gasteiger partial charge in [0, 0.05) is 25.2 Å². The Kier molecular flexibility index (Phi) is 4.40. The second kappa shape index (κ2) is 5.83. The molecule has 1 saturated heterocycles. The minimum Gasteiger partial charge on any atom is -0.396 e. The minimum atomic E-state index is 0.0138. The predicted octanol–water partition coefficient (Wildman–Crippen LogP) is 1.08. The van der Waals surface area contributed by atoms with E-state index in [1.807, 2.05) is 0 Å². The normalized spacial score (nSPS) is 37.3. The summed E-state index contributed by atoms with van der Waals surface area (Å²) in [6.45, 7) is 2.94. The molecule has 0 bridgehead atoms. The molecule has 1 aliphatic carbocycles. The Bertz CT molecular complexity index is 269. The van der Waals surface area contributed by atoms with Crippen LogP contribution < -0.4 is 5.32 Å². The van der Waals surface area contributed by atoms with Crippen LogP contribution in [0.25, 0.3) is 0 Å². The molecule has 2 rings (SSSR count). The molecule has 98 valence electrons. The molecule has 1 amide bonds. The SMILES string of the molecule is CCC1OCCC1C(=O)NC1CCCC1CO. The molecule has 0 radical (unpaired) electrons. The highest BCUT2D eigenvalue weighted by Crippen LogP contribution is 2.28. The lowest BCUT2D eigenvalue weighted by Gasteiger charge is -2.23. The topological polar surface area (TPSA) is 58.6 Å². The van der Waals surface area contributed by atoms with E-state index in [1.165, 1.54) is 0 Å². The predicted molar refractivity (Wildman–Crippen MR) is 64.5 cm³/mol. The number of amides is 1. The summed E-state index contributed by atoms with van der Waals surface area (Å²) < 4.78 is 5.54. The zero-order chi connectivity index (χ0) is 12.3. The maximum Gasteiger partial charge on any atom is 0.226 e. The van der Waals surface area contributed by atoms with Crippen LogP contribution in [0.1, 0.15) is 39.0 Å². The fourth-order valence-corrected chi connectivity index (χ4v) is 3.09. The van der Waals surface area contributed by atoms with Gasteiger partial charge < -0.3 is 15.2 Å². The first kappa shape index (κ1) is 12.8. The summed E-state index contributed by atoms with van der Waals surface area (Å²) in [6, 6.07) is 0.172. The van der Waals surface area contributed by atoms with E-state index in [2.05, 4.69) is 12.2 Å². The third-order valence-corrected chi connectivity index (χ3v) is 4.17. The van der Waals surface area contributed by atoms with E-state index in [4.69, 9.17) is 4.74 Å². The number of aliphatic hydroxyl groups excluding tert-OH is 1. The Balaban J connectivity index is 1.88. The molecule has 1 saturated carbocycles. The average molecular weight is 241 g/mol. The lowest BCUT2D eigenvalue weighted by atomic mass is 9.97. The number of nitrogens with one attached hydrogen (secondary N) is 1. The highest BCUT2D eigenvalue weighted by Gasteiger charge is 2.35. The van der Waals surface area contributed by atoms with E-state index in [0.29, 0.717) is 6.61 Å². The molecule has 4 atom stereocenters.